The molecular formula is C19H26. The van der Waals surface area contributed by atoms with Gasteiger partial charge < -0.3 is 0 Å². The number of allylic oxidation sites excluding steroid dienone is 10. The van der Waals surface area contributed by atoms with Gasteiger partial charge in [-0.2, -0.15) is 0 Å². The molecule has 0 heteroatoms. The molecule has 0 aliphatic heterocycles. The van der Waals surface area contributed by atoms with Crippen LogP contribution in [0.25, 0.3) is 0 Å². The molecule has 0 bridgehead atoms. The van der Waals surface area contributed by atoms with Crippen LogP contribution in [0.1, 0.15) is 53.4 Å². The summed E-state index contributed by atoms with van der Waals surface area (Å²) in [6, 6.07) is 0. The largest absolute Gasteiger partial charge is 0.0874 e. The molecule has 2 aliphatic carbocycles. The van der Waals surface area contributed by atoms with E-state index in [1.807, 2.05) is 0 Å². The number of hydrogen-bond donors (Lipinski definition) is 0. The van der Waals surface area contributed by atoms with Gasteiger partial charge in [0.1, 0.15) is 0 Å². The van der Waals surface area contributed by atoms with Gasteiger partial charge in [-0.25, -0.2) is 0 Å². The Morgan fingerprint density at radius 1 is 1.26 bits per heavy atom. The molecule has 0 N–H and O–H groups in total. The summed E-state index contributed by atoms with van der Waals surface area (Å²) in [5.74, 6) is 0.535. The maximum absolute atomic E-state index is 2.41. The Hall–Kier alpha value is -1.30. The van der Waals surface area contributed by atoms with Crippen LogP contribution >= 0.6 is 0 Å². The van der Waals surface area contributed by atoms with Crippen molar-refractivity contribution in [2.45, 2.75) is 53.4 Å². The number of rotatable bonds is 3. The van der Waals surface area contributed by atoms with E-state index in [1.54, 1.807) is 22.3 Å². The van der Waals surface area contributed by atoms with Gasteiger partial charge >= 0.3 is 0 Å². The average molecular weight is 254 g/mol. The van der Waals surface area contributed by atoms with Gasteiger partial charge in [0.15, 0.2) is 0 Å². The fourth-order valence-electron chi connectivity index (χ4n) is 3.43. The van der Waals surface area contributed by atoms with Crippen LogP contribution in [-0.4, -0.2) is 0 Å². The minimum Gasteiger partial charge on any atom is -0.0874 e. The number of hydrogen-bond acceptors (Lipinski definition) is 0. The molecule has 0 aromatic heterocycles. The van der Waals surface area contributed by atoms with Crippen LogP contribution in [0.15, 0.2) is 58.2 Å². The third-order valence-corrected chi connectivity index (χ3v) is 4.22. The van der Waals surface area contributed by atoms with Crippen molar-refractivity contribution in [1.82, 2.24) is 0 Å². The van der Waals surface area contributed by atoms with Gasteiger partial charge in [-0.3, -0.25) is 0 Å². The monoisotopic (exact) mass is 254 g/mol. The third-order valence-electron chi connectivity index (χ3n) is 4.22. The minimum absolute atomic E-state index is 0.535. The molecule has 0 aromatic rings. The fourth-order valence-corrected chi connectivity index (χ4v) is 3.43. The maximum atomic E-state index is 2.41. The Kier molecular flexibility index (Phi) is 4.63. The lowest BCUT2D eigenvalue weighted by atomic mass is 9.76. The second-order valence-electron chi connectivity index (χ2n) is 5.84. The molecule has 19 heavy (non-hydrogen) atoms. The van der Waals surface area contributed by atoms with Crippen molar-refractivity contribution in [2.24, 2.45) is 5.92 Å². The van der Waals surface area contributed by atoms with Crippen molar-refractivity contribution in [2.75, 3.05) is 0 Å². The highest BCUT2D eigenvalue weighted by molar-refractivity contribution is 5.50. The van der Waals surface area contributed by atoms with Crippen LogP contribution in [0.3, 0.4) is 0 Å². The Balaban J connectivity index is 2.33. The van der Waals surface area contributed by atoms with Gasteiger partial charge in [0.2, 0.25) is 0 Å². The summed E-state index contributed by atoms with van der Waals surface area (Å²) in [7, 11) is 0. The predicted molar refractivity (Wildman–Crippen MR) is 85.1 cm³/mol. The highest BCUT2D eigenvalue weighted by atomic mass is 14.3. The standard InChI is InChI=1S/C19H26/c1-5-8-14(2)13-16(4)19-15(3)11-12-17-9-6-7-10-18(17)19/h5-6,8-9,13,16H,7,10-12H2,1-4H3. The van der Waals surface area contributed by atoms with Crippen molar-refractivity contribution < 1.29 is 0 Å². The van der Waals surface area contributed by atoms with Gasteiger partial charge in [-0.05, 0) is 69.1 Å². The maximum Gasteiger partial charge on any atom is -0.000245 e. The molecule has 0 nitrogen and oxygen atoms in total. The van der Waals surface area contributed by atoms with Crippen LogP contribution in [0, 0.1) is 5.92 Å². The summed E-state index contributed by atoms with van der Waals surface area (Å²) >= 11 is 0. The molecule has 102 valence electrons. The molecule has 2 aliphatic rings. The van der Waals surface area contributed by atoms with Gasteiger partial charge in [-0.1, -0.05) is 48.5 Å². The summed E-state index contributed by atoms with van der Waals surface area (Å²) in [6.07, 6.45) is 16.3. The van der Waals surface area contributed by atoms with E-state index in [1.165, 1.54) is 31.3 Å². The first-order chi connectivity index (χ1) is 9.13. The molecule has 0 fully saturated rings. The molecular weight excluding hydrogens is 228 g/mol. The lowest BCUT2D eigenvalue weighted by Gasteiger charge is -2.29. The molecule has 0 heterocycles. The third kappa shape index (κ3) is 3.18. The van der Waals surface area contributed by atoms with Crippen molar-refractivity contribution in [1.29, 1.82) is 0 Å². The van der Waals surface area contributed by atoms with E-state index >= 15 is 0 Å². The van der Waals surface area contributed by atoms with Crippen LogP contribution in [0.5, 0.6) is 0 Å². The molecule has 0 spiro atoms. The van der Waals surface area contributed by atoms with E-state index in [9.17, 15) is 0 Å². The van der Waals surface area contributed by atoms with Crippen LogP contribution in [0.4, 0.5) is 0 Å². The Morgan fingerprint density at radius 2 is 2.05 bits per heavy atom. The summed E-state index contributed by atoms with van der Waals surface area (Å²) < 4.78 is 0. The van der Waals surface area contributed by atoms with E-state index in [-0.39, 0.29) is 0 Å². The first-order valence-corrected chi connectivity index (χ1v) is 7.53. The van der Waals surface area contributed by atoms with Crippen molar-refractivity contribution in [3.8, 4) is 0 Å². The zero-order chi connectivity index (χ0) is 13.8. The summed E-state index contributed by atoms with van der Waals surface area (Å²) in [6.45, 7) is 8.96. The second-order valence-corrected chi connectivity index (χ2v) is 5.84. The highest BCUT2D eigenvalue weighted by Gasteiger charge is 2.22. The Labute approximate surface area is 118 Å². The van der Waals surface area contributed by atoms with Crippen LogP contribution < -0.4 is 0 Å². The SMILES string of the molecule is CC=CC(C)=CC(C)C1=C(C)CCC2=C1CCC=C2. The quantitative estimate of drug-likeness (QED) is 0.550. The highest BCUT2D eigenvalue weighted by Crippen LogP contribution is 2.40. The first kappa shape index (κ1) is 14.1. The molecule has 0 amide bonds. The lowest BCUT2D eigenvalue weighted by molar-refractivity contribution is 0.746. The van der Waals surface area contributed by atoms with Crippen molar-refractivity contribution in [3.05, 3.63) is 58.2 Å². The summed E-state index contributed by atoms with van der Waals surface area (Å²) in [5, 5.41) is 0. The average Bonchev–Trinajstić information content (AvgIpc) is 2.38. The smallest absolute Gasteiger partial charge is 0.000245 e. The Bertz CT molecular complexity index is 492. The van der Waals surface area contributed by atoms with Crippen LogP contribution in [-0.2, 0) is 0 Å². The molecule has 1 atom stereocenters. The van der Waals surface area contributed by atoms with Crippen LogP contribution in [0.2, 0.25) is 0 Å². The van der Waals surface area contributed by atoms with Gasteiger partial charge in [-0.15, -0.1) is 0 Å². The molecule has 1 unspecified atom stereocenters. The molecule has 0 saturated heterocycles. The van der Waals surface area contributed by atoms with Gasteiger partial charge in [0.05, 0.1) is 0 Å². The van der Waals surface area contributed by atoms with E-state index in [0.29, 0.717) is 5.92 Å². The summed E-state index contributed by atoms with van der Waals surface area (Å²) in [5.41, 5.74) is 7.83. The van der Waals surface area contributed by atoms with Gasteiger partial charge in [0.25, 0.3) is 0 Å². The van der Waals surface area contributed by atoms with Crippen molar-refractivity contribution >= 4 is 0 Å². The molecule has 0 aromatic carbocycles. The normalized spacial score (nSPS) is 22.2. The molecule has 0 radical (unpaired) electrons. The van der Waals surface area contributed by atoms with E-state index in [4.69, 9.17) is 0 Å². The molecule has 2 rings (SSSR count). The zero-order valence-corrected chi connectivity index (χ0v) is 12.8. The topological polar surface area (TPSA) is 0 Å². The fraction of sp³-hybridized carbons (Fsp3) is 0.474. The van der Waals surface area contributed by atoms with E-state index in [0.717, 1.165) is 0 Å². The molecule has 0 saturated carbocycles. The van der Waals surface area contributed by atoms with E-state index < -0.39 is 0 Å². The first-order valence-electron chi connectivity index (χ1n) is 7.53. The van der Waals surface area contributed by atoms with Gasteiger partial charge in [0, 0.05) is 0 Å². The van der Waals surface area contributed by atoms with E-state index in [2.05, 4.69) is 58.1 Å². The Morgan fingerprint density at radius 3 is 2.79 bits per heavy atom. The zero-order valence-electron chi connectivity index (χ0n) is 12.8. The second kappa shape index (κ2) is 6.23. The predicted octanol–water partition coefficient (Wildman–Crippen LogP) is 5.90. The van der Waals surface area contributed by atoms with Crippen molar-refractivity contribution in [3.63, 3.8) is 0 Å². The lowest BCUT2D eigenvalue weighted by Crippen LogP contribution is -2.11. The summed E-state index contributed by atoms with van der Waals surface area (Å²) in [4.78, 5) is 0. The minimum atomic E-state index is 0.535.